The molecule has 5 nitrogen and oxygen atoms in total. The summed E-state index contributed by atoms with van der Waals surface area (Å²) in [5, 5.41) is 16.0. The molecule has 0 atom stereocenters. The first-order valence-electron chi connectivity index (χ1n) is 7.60. The number of nitrogens with zero attached hydrogens (tertiary/aromatic N) is 3. The van der Waals surface area contributed by atoms with Crippen LogP contribution in [-0.4, -0.2) is 19.9 Å². The van der Waals surface area contributed by atoms with E-state index >= 15 is 0 Å². The summed E-state index contributed by atoms with van der Waals surface area (Å²) in [6, 6.07) is 17.4. The molecule has 0 saturated carbocycles. The Labute approximate surface area is 138 Å². The molecule has 4 rings (SSSR count). The van der Waals surface area contributed by atoms with Crippen molar-refractivity contribution in [1.82, 2.24) is 14.8 Å². The summed E-state index contributed by atoms with van der Waals surface area (Å²) < 4.78 is 6.95. The van der Waals surface area contributed by atoms with Crippen LogP contribution in [0, 0.1) is 0 Å². The van der Waals surface area contributed by atoms with Crippen LogP contribution in [-0.2, 0) is 6.42 Å². The molecule has 0 aliphatic carbocycles. The fraction of sp³-hybridized carbons (Fsp3) is 0.0526. The number of hydrogen-bond acceptors (Lipinski definition) is 4. The molecule has 24 heavy (non-hydrogen) atoms. The molecule has 0 saturated heterocycles. The molecule has 0 radical (unpaired) electrons. The monoisotopic (exact) mass is 317 g/mol. The SMILES string of the molecule is O/C(=C(/Cc1ccccc1)n1cncn1)c1ccc2occc2c1. The van der Waals surface area contributed by atoms with Gasteiger partial charge in [0.25, 0.3) is 0 Å². The highest BCUT2D eigenvalue weighted by Crippen LogP contribution is 2.26. The first-order valence-corrected chi connectivity index (χ1v) is 7.60. The molecule has 0 aliphatic rings. The van der Waals surface area contributed by atoms with Crippen LogP contribution in [0.15, 0.2) is 77.9 Å². The first kappa shape index (κ1) is 14.3. The van der Waals surface area contributed by atoms with Crippen LogP contribution in [0.4, 0.5) is 0 Å². The number of hydrogen-bond donors (Lipinski definition) is 1. The lowest BCUT2D eigenvalue weighted by Crippen LogP contribution is -2.05. The molecule has 2 heterocycles. The number of aliphatic hydroxyl groups excluding tert-OH is 1. The molecule has 4 aromatic rings. The van der Waals surface area contributed by atoms with Crippen molar-refractivity contribution in [3.05, 3.63) is 84.6 Å². The van der Waals surface area contributed by atoms with E-state index in [1.165, 1.54) is 6.33 Å². The van der Waals surface area contributed by atoms with E-state index in [0.717, 1.165) is 16.5 Å². The lowest BCUT2D eigenvalue weighted by molar-refractivity contribution is 0.508. The van der Waals surface area contributed by atoms with Gasteiger partial charge in [0.1, 0.15) is 24.0 Å². The molecule has 118 valence electrons. The maximum Gasteiger partial charge on any atom is 0.144 e. The van der Waals surface area contributed by atoms with Crippen molar-refractivity contribution in [2.24, 2.45) is 0 Å². The highest BCUT2D eigenvalue weighted by molar-refractivity contribution is 5.85. The first-order chi connectivity index (χ1) is 11.8. The van der Waals surface area contributed by atoms with Crippen LogP contribution in [0.3, 0.4) is 0 Å². The lowest BCUT2D eigenvalue weighted by Gasteiger charge is -2.11. The van der Waals surface area contributed by atoms with Crippen molar-refractivity contribution in [3.63, 3.8) is 0 Å². The molecule has 0 fully saturated rings. The van der Waals surface area contributed by atoms with E-state index in [9.17, 15) is 5.11 Å². The minimum absolute atomic E-state index is 0.174. The highest BCUT2D eigenvalue weighted by Gasteiger charge is 2.13. The molecular formula is C19H15N3O2. The molecule has 0 bridgehead atoms. The maximum atomic E-state index is 10.9. The maximum absolute atomic E-state index is 10.9. The van der Waals surface area contributed by atoms with E-state index in [-0.39, 0.29) is 5.76 Å². The molecule has 0 unspecified atom stereocenters. The van der Waals surface area contributed by atoms with Crippen LogP contribution in [0.5, 0.6) is 0 Å². The minimum atomic E-state index is 0.174. The van der Waals surface area contributed by atoms with E-state index in [0.29, 0.717) is 17.7 Å². The minimum Gasteiger partial charge on any atom is -0.505 e. The fourth-order valence-corrected chi connectivity index (χ4v) is 2.69. The molecule has 2 aromatic heterocycles. The van der Waals surface area contributed by atoms with Crippen LogP contribution < -0.4 is 0 Å². The third-order valence-electron chi connectivity index (χ3n) is 3.91. The van der Waals surface area contributed by atoms with E-state index in [2.05, 4.69) is 10.1 Å². The summed E-state index contributed by atoms with van der Waals surface area (Å²) in [5.74, 6) is 0.174. The molecule has 0 aliphatic heterocycles. The van der Waals surface area contributed by atoms with Crippen molar-refractivity contribution in [2.45, 2.75) is 6.42 Å². The number of benzene rings is 2. The summed E-state index contributed by atoms with van der Waals surface area (Å²) in [6.45, 7) is 0. The van der Waals surface area contributed by atoms with Crippen molar-refractivity contribution in [2.75, 3.05) is 0 Å². The highest BCUT2D eigenvalue weighted by atomic mass is 16.3. The molecular weight excluding hydrogens is 302 g/mol. The van der Waals surface area contributed by atoms with Crippen molar-refractivity contribution in [1.29, 1.82) is 0 Å². The second-order valence-electron chi connectivity index (χ2n) is 5.47. The average molecular weight is 317 g/mol. The van der Waals surface area contributed by atoms with Crippen molar-refractivity contribution >= 4 is 22.4 Å². The topological polar surface area (TPSA) is 64.1 Å². The zero-order chi connectivity index (χ0) is 16.4. The fourth-order valence-electron chi connectivity index (χ4n) is 2.69. The summed E-state index contributed by atoms with van der Waals surface area (Å²) in [7, 11) is 0. The van der Waals surface area contributed by atoms with Crippen LogP contribution in [0.2, 0.25) is 0 Å². The van der Waals surface area contributed by atoms with Gasteiger partial charge in [0, 0.05) is 17.4 Å². The lowest BCUT2D eigenvalue weighted by atomic mass is 10.0. The Hall–Kier alpha value is -3.34. The largest absolute Gasteiger partial charge is 0.505 e. The van der Waals surface area contributed by atoms with Crippen molar-refractivity contribution in [3.8, 4) is 0 Å². The van der Waals surface area contributed by atoms with Gasteiger partial charge in [-0.25, -0.2) is 9.67 Å². The summed E-state index contributed by atoms with van der Waals surface area (Å²) >= 11 is 0. The zero-order valence-electron chi connectivity index (χ0n) is 12.8. The summed E-state index contributed by atoms with van der Waals surface area (Å²) in [6.07, 6.45) is 5.22. The zero-order valence-corrected chi connectivity index (χ0v) is 12.8. The molecule has 0 amide bonds. The number of rotatable bonds is 4. The predicted octanol–water partition coefficient (Wildman–Crippen LogP) is 4.15. The Morgan fingerprint density at radius 3 is 2.75 bits per heavy atom. The predicted molar refractivity (Wildman–Crippen MR) is 92.1 cm³/mol. The number of aromatic nitrogens is 3. The van der Waals surface area contributed by atoms with Gasteiger partial charge in [0.2, 0.25) is 0 Å². The third-order valence-corrected chi connectivity index (χ3v) is 3.91. The van der Waals surface area contributed by atoms with Gasteiger partial charge in [-0.15, -0.1) is 0 Å². The number of furan rings is 1. The standard InChI is InChI=1S/C19H15N3O2/c23-19(16-6-7-18-15(11-16)8-9-24-18)17(22-13-20-12-21-22)10-14-4-2-1-3-5-14/h1-9,11-13,23H,10H2/b19-17-. The van der Waals surface area contributed by atoms with E-state index in [1.807, 2.05) is 54.6 Å². The van der Waals surface area contributed by atoms with Gasteiger partial charge in [0.05, 0.1) is 12.0 Å². The summed E-state index contributed by atoms with van der Waals surface area (Å²) in [5.41, 5.74) is 3.25. The van der Waals surface area contributed by atoms with E-state index in [1.54, 1.807) is 17.3 Å². The normalized spacial score (nSPS) is 12.3. The third kappa shape index (κ3) is 2.67. The van der Waals surface area contributed by atoms with Gasteiger partial charge >= 0.3 is 0 Å². The summed E-state index contributed by atoms with van der Waals surface area (Å²) in [4.78, 5) is 3.99. The number of fused-ring (bicyclic) bond motifs is 1. The van der Waals surface area contributed by atoms with Gasteiger partial charge in [-0.05, 0) is 29.8 Å². The van der Waals surface area contributed by atoms with Crippen LogP contribution >= 0.6 is 0 Å². The van der Waals surface area contributed by atoms with E-state index < -0.39 is 0 Å². The Morgan fingerprint density at radius 1 is 1.08 bits per heavy atom. The molecule has 5 heteroatoms. The molecule has 0 spiro atoms. The Kier molecular flexibility index (Phi) is 3.59. The number of allylic oxidation sites excluding steroid dienone is 1. The second-order valence-corrected chi connectivity index (χ2v) is 5.47. The van der Waals surface area contributed by atoms with Crippen molar-refractivity contribution < 1.29 is 9.52 Å². The van der Waals surface area contributed by atoms with Gasteiger partial charge in [-0.3, -0.25) is 0 Å². The average Bonchev–Trinajstić information content (AvgIpc) is 3.30. The van der Waals surface area contributed by atoms with Gasteiger partial charge in [-0.1, -0.05) is 30.3 Å². The number of aliphatic hydroxyl groups is 1. The molecule has 2 aromatic carbocycles. The van der Waals surface area contributed by atoms with Gasteiger partial charge in [0.15, 0.2) is 0 Å². The molecule has 1 N–H and O–H groups in total. The Morgan fingerprint density at radius 2 is 1.96 bits per heavy atom. The Bertz CT molecular complexity index is 986. The van der Waals surface area contributed by atoms with Crippen LogP contribution in [0.1, 0.15) is 11.1 Å². The van der Waals surface area contributed by atoms with Gasteiger partial charge in [-0.2, -0.15) is 5.10 Å². The second kappa shape index (κ2) is 6.04. The quantitative estimate of drug-likeness (QED) is 0.574. The van der Waals surface area contributed by atoms with Gasteiger partial charge < -0.3 is 9.52 Å². The van der Waals surface area contributed by atoms with E-state index in [4.69, 9.17) is 4.42 Å². The van der Waals surface area contributed by atoms with Crippen LogP contribution in [0.25, 0.3) is 22.4 Å². The smallest absolute Gasteiger partial charge is 0.144 e. The Balaban J connectivity index is 1.82.